The number of hydrogen-bond donors (Lipinski definition) is 2. The summed E-state index contributed by atoms with van der Waals surface area (Å²) >= 11 is 0. The van der Waals surface area contributed by atoms with Crippen LogP contribution in [0.2, 0.25) is 0 Å². The van der Waals surface area contributed by atoms with Crippen LogP contribution in [0, 0.1) is 34.5 Å². The SMILES string of the molecule is CCCC1CC2=CC(=O)CC[C@]2(C)[C@H]2CC[C@@]3(C)[C@@H](CC[C@]3(O)CCC(=O)O)[C@H]12. The van der Waals surface area contributed by atoms with Crippen molar-refractivity contribution in [2.24, 2.45) is 34.5 Å². The van der Waals surface area contributed by atoms with Gasteiger partial charge in [0.25, 0.3) is 0 Å². The Labute approximate surface area is 175 Å². The van der Waals surface area contributed by atoms with Crippen molar-refractivity contribution in [3.05, 3.63) is 11.6 Å². The van der Waals surface area contributed by atoms with Crippen molar-refractivity contribution >= 4 is 11.8 Å². The summed E-state index contributed by atoms with van der Waals surface area (Å²) in [5, 5.41) is 20.8. The van der Waals surface area contributed by atoms with Crippen molar-refractivity contribution < 1.29 is 19.8 Å². The number of aliphatic carboxylic acids is 1. The number of hydrogen-bond acceptors (Lipinski definition) is 3. The molecule has 0 heterocycles. The van der Waals surface area contributed by atoms with E-state index in [4.69, 9.17) is 0 Å². The minimum Gasteiger partial charge on any atom is -0.481 e. The van der Waals surface area contributed by atoms with E-state index in [1.165, 1.54) is 12.0 Å². The van der Waals surface area contributed by atoms with Crippen molar-refractivity contribution in [3.63, 3.8) is 0 Å². The van der Waals surface area contributed by atoms with Crippen molar-refractivity contribution in [1.82, 2.24) is 0 Å². The second-order valence-electron chi connectivity index (χ2n) is 11.0. The zero-order valence-electron chi connectivity index (χ0n) is 18.4. The average molecular weight is 403 g/mol. The Kier molecular flexibility index (Phi) is 5.25. The van der Waals surface area contributed by atoms with Gasteiger partial charge >= 0.3 is 5.97 Å². The van der Waals surface area contributed by atoms with Crippen molar-refractivity contribution in [1.29, 1.82) is 0 Å². The first-order chi connectivity index (χ1) is 13.6. The van der Waals surface area contributed by atoms with E-state index in [0.717, 1.165) is 44.9 Å². The van der Waals surface area contributed by atoms with Gasteiger partial charge in [-0.05, 0) is 85.5 Å². The molecule has 4 heteroatoms. The molecule has 0 aromatic heterocycles. The minimum atomic E-state index is -0.850. The molecular weight excluding hydrogens is 364 g/mol. The van der Waals surface area contributed by atoms with Gasteiger partial charge in [0.15, 0.2) is 5.78 Å². The average Bonchev–Trinajstić information content (AvgIpc) is 2.93. The molecule has 29 heavy (non-hydrogen) atoms. The molecule has 3 fully saturated rings. The zero-order valence-corrected chi connectivity index (χ0v) is 18.4. The van der Waals surface area contributed by atoms with E-state index in [9.17, 15) is 19.8 Å². The molecule has 0 aromatic carbocycles. The fourth-order valence-electron chi connectivity index (χ4n) is 8.21. The summed E-state index contributed by atoms with van der Waals surface area (Å²) in [4.78, 5) is 23.4. The lowest BCUT2D eigenvalue weighted by Crippen LogP contribution is -2.57. The molecule has 0 aromatic rings. The molecule has 0 radical (unpaired) electrons. The van der Waals surface area contributed by atoms with Gasteiger partial charge in [-0.1, -0.05) is 39.2 Å². The molecule has 7 atom stereocenters. The van der Waals surface area contributed by atoms with E-state index >= 15 is 0 Å². The third-order valence-electron chi connectivity index (χ3n) is 9.87. The molecule has 4 aliphatic carbocycles. The molecule has 4 aliphatic rings. The highest BCUT2D eigenvalue weighted by Crippen LogP contribution is 2.69. The quantitative estimate of drug-likeness (QED) is 0.668. The predicted octanol–water partition coefficient (Wildman–Crippen LogP) is 5.14. The first kappa shape index (κ1) is 21.1. The van der Waals surface area contributed by atoms with E-state index < -0.39 is 11.6 Å². The maximum absolute atomic E-state index is 12.2. The Morgan fingerprint density at radius 3 is 2.59 bits per heavy atom. The number of allylic oxidation sites excluding steroid dienone is 1. The highest BCUT2D eigenvalue weighted by atomic mass is 16.4. The maximum Gasteiger partial charge on any atom is 0.303 e. The molecule has 0 saturated heterocycles. The number of aliphatic hydroxyl groups is 1. The third-order valence-corrected chi connectivity index (χ3v) is 9.87. The zero-order chi connectivity index (χ0) is 21.0. The van der Waals surface area contributed by atoms with Crippen LogP contribution in [0.5, 0.6) is 0 Å². The summed E-state index contributed by atoms with van der Waals surface area (Å²) in [6.07, 6.45) is 11.3. The first-order valence-electron chi connectivity index (χ1n) is 11.8. The maximum atomic E-state index is 12.2. The molecule has 162 valence electrons. The number of ketones is 1. The number of carboxylic acid groups (broad SMARTS) is 1. The van der Waals surface area contributed by atoms with Crippen LogP contribution in [-0.2, 0) is 9.59 Å². The van der Waals surface area contributed by atoms with Gasteiger partial charge in [-0.3, -0.25) is 9.59 Å². The molecule has 4 rings (SSSR count). The first-order valence-corrected chi connectivity index (χ1v) is 11.8. The molecule has 2 N–H and O–H groups in total. The Bertz CT molecular complexity index is 726. The second kappa shape index (κ2) is 7.21. The normalized spacial score (nSPS) is 46.5. The summed E-state index contributed by atoms with van der Waals surface area (Å²) in [6.45, 7) is 6.91. The van der Waals surface area contributed by atoms with Gasteiger partial charge in [0.05, 0.1) is 5.60 Å². The Hall–Kier alpha value is -1.16. The third kappa shape index (κ3) is 3.12. The van der Waals surface area contributed by atoms with Crippen LogP contribution < -0.4 is 0 Å². The van der Waals surface area contributed by atoms with E-state index in [1.54, 1.807) is 0 Å². The second-order valence-corrected chi connectivity index (χ2v) is 11.0. The highest BCUT2D eigenvalue weighted by molar-refractivity contribution is 5.91. The van der Waals surface area contributed by atoms with E-state index in [2.05, 4.69) is 20.8 Å². The van der Waals surface area contributed by atoms with Crippen molar-refractivity contribution in [2.45, 2.75) is 97.0 Å². The van der Waals surface area contributed by atoms with Crippen LogP contribution in [0.25, 0.3) is 0 Å². The lowest BCUT2D eigenvalue weighted by Gasteiger charge is -2.61. The summed E-state index contributed by atoms with van der Waals surface area (Å²) in [5.41, 5.74) is 0.497. The number of fused-ring (bicyclic) bond motifs is 5. The molecule has 0 spiro atoms. The monoisotopic (exact) mass is 402 g/mol. The van der Waals surface area contributed by atoms with Crippen LogP contribution in [0.15, 0.2) is 11.6 Å². The fraction of sp³-hybridized carbons (Fsp3) is 0.840. The molecule has 0 bridgehead atoms. The molecule has 0 amide bonds. The van der Waals surface area contributed by atoms with Crippen LogP contribution >= 0.6 is 0 Å². The summed E-state index contributed by atoms with van der Waals surface area (Å²) < 4.78 is 0. The van der Waals surface area contributed by atoms with Crippen LogP contribution in [0.4, 0.5) is 0 Å². The largest absolute Gasteiger partial charge is 0.481 e. The number of carbonyl (C=O) groups excluding carboxylic acids is 1. The topological polar surface area (TPSA) is 74.6 Å². The van der Waals surface area contributed by atoms with Gasteiger partial charge < -0.3 is 10.2 Å². The Morgan fingerprint density at radius 2 is 1.90 bits per heavy atom. The van der Waals surface area contributed by atoms with E-state index in [-0.39, 0.29) is 17.3 Å². The van der Waals surface area contributed by atoms with E-state index in [1.807, 2.05) is 6.08 Å². The Balaban J connectivity index is 1.69. The molecule has 1 unspecified atom stereocenters. The van der Waals surface area contributed by atoms with Gasteiger partial charge in [-0.15, -0.1) is 0 Å². The highest BCUT2D eigenvalue weighted by Gasteiger charge is 2.65. The van der Waals surface area contributed by atoms with Crippen LogP contribution in [0.3, 0.4) is 0 Å². The summed E-state index contributed by atoms with van der Waals surface area (Å²) in [6, 6.07) is 0. The molecule has 4 nitrogen and oxygen atoms in total. The molecule has 0 aliphatic heterocycles. The van der Waals surface area contributed by atoms with Gasteiger partial charge in [0.2, 0.25) is 0 Å². The number of rotatable bonds is 5. The lowest BCUT2D eigenvalue weighted by atomic mass is 9.43. The summed E-state index contributed by atoms with van der Waals surface area (Å²) in [5.74, 6) is 1.72. The summed E-state index contributed by atoms with van der Waals surface area (Å²) in [7, 11) is 0. The standard InChI is InChI=1S/C25H38O4/c1-4-5-16-14-17-15-18(26)6-10-23(17,2)19-7-11-24(3)20(22(16)19)8-12-25(24,29)13-9-21(27)28/h15-16,19-20,22,29H,4-14H2,1-3H3,(H,27,28)/t16?,19-,20-,22+,23-,24-,25-/m0/s1. The number of carbonyl (C=O) groups is 2. The van der Waals surface area contributed by atoms with Gasteiger partial charge in [-0.2, -0.15) is 0 Å². The molecular formula is C25H38O4. The van der Waals surface area contributed by atoms with Gasteiger partial charge in [-0.25, -0.2) is 0 Å². The van der Waals surface area contributed by atoms with E-state index in [0.29, 0.717) is 42.3 Å². The van der Waals surface area contributed by atoms with Gasteiger partial charge in [0.1, 0.15) is 0 Å². The molecule has 3 saturated carbocycles. The fourth-order valence-corrected chi connectivity index (χ4v) is 8.21. The van der Waals surface area contributed by atoms with Crippen LogP contribution in [-0.4, -0.2) is 27.6 Å². The smallest absolute Gasteiger partial charge is 0.303 e. The lowest BCUT2D eigenvalue weighted by molar-refractivity contribution is -0.152. The number of carboxylic acids is 1. The Morgan fingerprint density at radius 1 is 1.17 bits per heavy atom. The van der Waals surface area contributed by atoms with Crippen LogP contribution in [0.1, 0.15) is 91.4 Å². The van der Waals surface area contributed by atoms with Crippen molar-refractivity contribution in [3.8, 4) is 0 Å². The minimum absolute atomic E-state index is 0.0536. The predicted molar refractivity (Wildman–Crippen MR) is 112 cm³/mol. The van der Waals surface area contributed by atoms with Gasteiger partial charge in [0, 0.05) is 12.8 Å². The van der Waals surface area contributed by atoms with Crippen molar-refractivity contribution in [2.75, 3.05) is 0 Å².